The minimum absolute atomic E-state index is 0.0253. The summed E-state index contributed by atoms with van der Waals surface area (Å²) < 4.78 is 95.6. The van der Waals surface area contributed by atoms with Crippen molar-refractivity contribution in [1.29, 1.82) is 0 Å². The molecule has 2 aromatic rings. The van der Waals surface area contributed by atoms with Gasteiger partial charge < -0.3 is 29.0 Å². The number of alkyl halides is 6. The third-order valence-corrected chi connectivity index (χ3v) is 5.25. The number of benzene rings is 2. The molecule has 0 saturated carbocycles. The lowest BCUT2D eigenvalue weighted by atomic mass is 10.1. The van der Waals surface area contributed by atoms with Crippen LogP contribution in [0.15, 0.2) is 48.5 Å². The number of hydrogen-bond donors (Lipinski definition) is 1. The number of carboxylic acid groups (broad SMARTS) is 1. The van der Waals surface area contributed by atoms with Crippen LogP contribution in [0, 0.1) is 0 Å². The lowest BCUT2D eigenvalue weighted by molar-refractivity contribution is -0.174. The topological polar surface area (TPSA) is 94.5 Å². The van der Waals surface area contributed by atoms with Crippen LogP contribution in [-0.4, -0.2) is 73.9 Å². The summed E-state index contributed by atoms with van der Waals surface area (Å²) in [6.45, 7) is -0.0125. The molecule has 1 unspecified atom stereocenters. The van der Waals surface area contributed by atoms with E-state index < -0.39 is 42.7 Å². The highest BCUT2D eigenvalue weighted by Crippen LogP contribution is 2.30. The van der Waals surface area contributed by atoms with Gasteiger partial charge in [-0.05, 0) is 55.3 Å². The van der Waals surface area contributed by atoms with Crippen molar-refractivity contribution >= 4 is 12.1 Å². The number of carbonyl (C=O) groups excluding carboxylic acids is 1. The second-order valence-electron chi connectivity index (χ2n) is 8.38. The lowest BCUT2D eigenvalue weighted by Gasteiger charge is -2.22. The minimum Gasteiger partial charge on any atom is -0.492 e. The largest absolute Gasteiger partial charge is 0.492 e. The first-order valence-electron chi connectivity index (χ1n) is 12.1. The molecule has 2 rings (SSSR count). The van der Waals surface area contributed by atoms with Crippen molar-refractivity contribution in [2.24, 2.45) is 0 Å². The zero-order valence-electron chi connectivity index (χ0n) is 21.5. The van der Waals surface area contributed by atoms with Crippen LogP contribution in [0.4, 0.5) is 31.1 Å². The lowest BCUT2D eigenvalue weighted by Crippen LogP contribution is -2.38. The molecule has 0 saturated heterocycles. The Hall–Kier alpha value is -3.52. The van der Waals surface area contributed by atoms with Gasteiger partial charge in [-0.1, -0.05) is 12.1 Å². The molecule has 1 amide bonds. The van der Waals surface area contributed by atoms with Crippen LogP contribution >= 0.6 is 0 Å². The molecular formula is C26H29F6NO7. The first-order chi connectivity index (χ1) is 18.8. The third-order valence-electron chi connectivity index (χ3n) is 5.25. The maximum absolute atomic E-state index is 12.8. The molecule has 0 aliphatic rings. The van der Waals surface area contributed by atoms with Gasteiger partial charge in [0.05, 0.1) is 12.1 Å². The van der Waals surface area contributed by atoms with Gasteiger partial charge in [-0.3, -0.25) is 0 Å². The number of carbonyl (C=O) groups is 2. The van der Waals surface area contributed by atoms with Crippen LogP contribution in [-0.2, 0) is 26.9 Å². The fourth-order valence-corrected chi connectivity index (χ4v) is 3.35. The van der Waals surface area contributed by atoms with E-state index in [9.17, 15) is 41.0 Å². The third kappa shape index (κ3) is 12.1. The maximum Gasteiger partial charge on any atom is 0.416 e. The smallest absolute Gasteiger partial charge is 0.416 e. The van der Waals surface area contributed by atoms with Gasteiger partial charge in [0.15, 0.2) is 6.10 Å². The van der Waals surface area contributed by atoms with Crippen molar-refractivity contribution in [2.45, 2.75) is 38.2 Å². The van der Waals surface area contributed by atoms with Gasteiger partial charge in [0.2, 0.25) is 0 Å². The molecule has 40 heavy (non-hydrogen) atoms. The predicted molar refractivity (Wildman–Crippen MR) is 129 cm³/mol. The number of nitrogens with zero attached hydrogens (tertiary/aromatic N) is 1. The second-order valence-corrected chi connectivity index (χ2v) is 8.38. The quantitative estimate of drug-likeness (QED) is 0.217. The molecule has 1 atom stereocenters. The van der Waals surface area contributed by atoms with E-state index in [1.807, 2.05) is 0 Å². The molecule has 8 nitrogen and oxygen atoms in total. The average molecular weight is 582 g/mol. The summed E-state index contributed by atoms with van der Waals surface area (Å²) in [7, 11) is 0. The van der Waals surface area contributed by atoms with Crippen LogP contribution in [0.25, 0.3) is 0 Å². The van der Waals surface area contributed by atoms with Crippen LogP contribution < -0.4 is 9.47 Å². The highest BCUT2D eigenvalue weighted by molar-refractivity contribution is 5.72. The Balaban J connectivity index is 1.96. The summed E-state index contributed by atoms with van der Waals surface area (Å²) >= 11 is 0. The van der Waals surface area contributed by atoms with E-state index in [0.717, 1.165) is 29.2 Å². The maximum atomic E-state index is 12.8. The van der Waals surface area contributed by atoms with Crippen molar-refractivity contribution in [3.63, 3.8) is 0 Å². The standard InChI is InChI=1S/C26H29F6NO7/c1-2-38-22(23(34)35)16-18-4-8-20(9-5-18)39-15-13-33(12-3-14-37-17-25(27,28)29)24(36)40-21-10-6-19(7-11-21)26(30,31)32/h4-11,22H,2-3,12-17H2,1H3,(H,34,35). The highest BCUT2D eigenvalue weighted by atomic mass is 19.4. The Morgan fingerprint density at radius 1 is 0.900 bits per heavy atom. The first-order valence-corrected chi connectivity index (χ1v) is 12.1. The predicted octanol–water partition coefficient (Wildman–Crippen LogP) is 5.59. The van der Waals surface area contributed by atoms with Gasteiger partial charge in [0, 0.05) is 26.2 Å². The molecule has 14 heteroatoms. The summed E-state index contributed by atoms with van der Waals surface area (Å²) in [5.74, 6) is -0.842. The Kier molecular flexibility index (Phi) is 12.5. The summed E-state index contributed by atoms with van der Waals surface area (Å²) in [4.78, 5) is 25.0. The normalized spacial score (nSPS) is 12.6. The van der Waals surface area contributed by atoms with Crippen LogP contribution in [0.3, 0.4) is 0 Å². The van der Waals surface area contributed by atoms with Crippen LogP contribution in [0.1, 0.15) is 24.5 Å². The van der Waals surface area contributed by atoms with Gasteiger partial charge in [-0.25, -0.2) is 9.59 Å². The van der Waals surface area contributed by atoms with E-state index >= 15 is 0 Å². The van der Waals surface area contributed by atoms with E-state index in [1.165, 1.54) is 0 Å². The van der Waals surface area contributed by atoms with E-state index in [1.54, 1.807) is 31.2 Å². The van der Waals surface area contributed by atoms with Crippen molar-refractivity contribution in [3.05, 3.63) is 59.7 Å². The molecule has 0 aliphatic heterocycles. The highest BCUT2D eigenvalue weighted by Gasteiger charge is 2.30. The second kappa shape index (κ2) is 15.3. The molecule has 0 bridgehead atoms. The first kappa shape index (κ1) is 32.7. The molecule has 1 N–H and O–H groups in total. The SMILES string of the molecule is CCOC(Cc1ccc(OCCN(CCCOCC(F)(F)F)C(=O)Oc2ccc(C(F)(F)F)cc2)cc1)C(=O)O. The van der Waals surface area contributed by atoms with E-state index in [2.05, 4.69) is 4.74 Å². The fourth-order valence-electron chi connectivity index (χ4n) is 3.35. The molecule has 2 aromatic carbocycles. The molecule has 0 aliphatic carbocycles. The Morgan fingerprint density at radius 2 is 1.52 bits per heavy atom. The Labute approximate surface area is 226 Å². The number of rotatable bonds is 15. The molecule has 0 heterocycles. The average Bonchev–Trinajstić information content (AvgIpc) is 2.87. The van der Waals surface area contributed by atoms with Crippen LogP contribution in [0.5, 0.6) is 11.5 Å². The zero-order valence-corrected chi connectivity index (χ0v) is 21.5. The monoisotopic (exact) mass is 581 g/mol. The molecule has 0 radical (unpaired) electrons. The molecule has 222 valence electrons. The van der Waals surface area contributed by atoms with Crippen molar-refractivity contribution in [2.75, 3.05) is 39.5 Å². The molecular weight excluding hydrogens is 552 g/mol. The summed E-state index contributed by atoms with van der Waals surface area (Å²) in [6, 6.07) is 9.94. The number of ether oxygens (including phenoxy) is 4. The Morgan fingerprint density at radius 3 is 2.08 bits per heavy atom. The van der Waals surface area contributed by atoms with Crippen molar-refractivity contribution in [3.8, 4) is 11.5 Å². The van der Waals surface area contributed by atoms with Gasteiger partial charge in [-0.15, -0.1) is 0 Å². The fraction of sp³-hybridized carbons (Fsp3) is 0.462. The summed E-state index contributed by atoms with van der Waals surface area (Å²) in [5.41, 5.74) is -0.240. The van der Waals surface area contributed by atoms with E-state index in [0.29, 0.717) is 11.3 Å². The minimum atomic E-state index is -4.57. The number of aliphatic carboxylic acids is 1. The van der Waals surface area contributed by atoms with Gasteiger partial charge >= 0.3 is 24.4 Å². The molecule has 0 fully saturated rings. The molecule has 0 aromatic heterocycles. The number of hydrogen-bond acceptors (Lipinski definition) is 6. The zero-order chi connectivity index (χ0) is 29.8. The summed E-state index contributed by atoms with van der Waals surface area (Å²) in [5, 5.41) is 9.20. The number of carboxylic acids is 1. The van der Waals surface area contributed by atoms with Gasteiger partial charge in [0.1, 0.15) is 24.7 Å². The van der Waals surface area contributed by atoms with E-state index in [4.69, 9.17) is 14.2 Å². The number of halogens is 6. The van der Waals surface area contributed by atoms with Crippen molar-refractivity contribution < 1.29 is 60.0 Å². The van der Waals surface area contributed by atoms with E-state index in [-0.39, 0.29) is 51.5 Å². The Bertz CT molecular complexity index is 1060. The molecule has 0 spiro atoms. The summed E-state index contributed by atoms with van der Waals surface area (Å²) in [6.07, 6.45) is -10.8. The number of amides is 1. The van der Waals surface area contributed by atoms with Crippen molar-refractivity contribution in [1.82, 2.24) is 4.90 Å². The van der Waals surface area contributed by atoms with Crippen LogP contribution in [0.2, 0.25) is 0 Å². The van der Waals surface area contributed by atoms with Gasteiger partial charge in [0.25, 0.3) is 0 Å². The van der Waals surface area contributed by atoms with Gasteiger partial charge in [-0.2, -0.15) is 26.3 Å².